The van der Waals surface area contributed by atoms with Crippen LogP contribution in [-0.2, 0) is 6.42 Å². The van der Waals surface area contributed by atoms with Gasteiger partial charge in [-0.15, -0.1) is 5.10 Å². The van der Waals surface area contributed by atoms with Crippen molar-refractivity contribution in [3.05, 3.63) is 30.0 Å². The van der Waals surface area contributed by atoms with Gasteiger partial charge in [-0.3, -0.25) is 0 Å². The van der Waals surface area contributed by atoms with Gasteiger partial charge in [-0.05, 0) is 24.5 Å². The Labute approximate surface area is 133 Å². The van der Waals surface area contributed by atoms with Crippen molar-refractivity contribution in [3.8, 4) is 17.2 Å². The van der Waals surface area contributed by atoms with Crippen LogP contribution in [0.3, 0.4) is 0 Å². The van der Waals surface area contributed by atoms with Crippen LogP contribution in [-0.4, -0.2) is 27.5 Å². The molecule has 22 heavy (non-hydrogen) atoms. The molecule has 0 aliphatic carbocycles. The zero-order valence-electron chi connectivity index (χ0n) is 11.7. The lowest BCUT2D eigenvalue weighted by Gasteiger charge is -1.97. The van der Waals surface area contributed by atoms with Crippen LogP contribution < -0.4 is 4.74 Å². The molecule has 5 rings (SSSR count). The topological polar surface area (TPSA) is 52.6 Å². The van der Waals surface area contributed by atoms with Crippen LogP contribution in [0.2, 0.25) is 0 Å². The van der Waals surface area contributed by atoms with Crippen molar-refractivity contribution in [1.29, 1.82) is 0 Å². The Kier molecular flexibility index (Phi) is 2.57. The molecule has 1 aromatic carbocycles. The minimum atomic E-state index is 0.728. The van der Waals surface area contributed by atoms with Gasteiger partial charge in [0, 0.05) is 17.4 Å². The predicted molar refractivity (Wildman–Crippen MR) is 87.1 cm³/mol. The highest BCUT2D eigenvalue weighted by molar-refractivity contribution is 8.00. The van der Waals surface area contributed by atoms with Crippen molar-refractivity contribution in [3.63, 3.8) is 0 Å². The molecule has 0 saturated carbocycles. The molecule has 0 N–H and O–H groups in total. The van der Waals surface area contributed by atoms with E-state index in [1.165, 1.54) is 0 Å². The van der Waals surface area contributed by atoms with Gasteiger partial charge >= 0.3 is 0 Å². The molecule has 4 heterocycles. The Bertz CT molecular complexity index is 983. The smallest absolute Gasteiger partial charge is 0.213 e. The van der Waals surface area contributed by atoms with Crippen LogP contribution in [0.5, 0.6) is 5.75 Å². The molecule has 5 nitrogen and oxygen atoms in total. The zero-order chi connectivity index (χ0) is 14.7. The summed E-state index contributed by atoms with van der Waals surface area (Å²) in [5.74, 6) is 1.71. The fourth-order valence-electron chi connectivity index (χ4n) is 2.79. The number of furan rings is 1. The summed E-state index contributed by atoms with van der Waals surface area (Å²) in [6, 6.07) is 6.09. The number of thioether (sulfide) groups is 1. The van der Waals surface area contributed by atoms with E-state index in [4.69, 9.17) is 9.15 Å². The van der Waals surface area contributed by atoms with Gasteiger partial charge in [-0.2, -0.15) is 0 Å². The summed E-state index contributed by atoms with van der Waals surface area (Å²) in [5.41, 5.74) is 2.89. The third-order valence-electron chi connectivity index (χ3n) is 3.81. The van der Waals surface area contributed by atoms with Crippen LogP contribution in [0.1, 0.15) is 5.56 Å². The van der Waals surface area contributed by atoms with Gasteiger partial charge in [0.25, 0.3) is 0 Å². The molecule has 0 spiro atoms. The highest BCUT2D eigenvalue weighted by atomic mass is 32.2. The number of hydrogen-bond donors (Lipinski definition) is 0. The van der Waals surface area contributed by atoms with Gasteiger partial charge in [0.15, 0.2) is 10.1 Å². The van der Waals surface area contributed by atoms with E-state index < -0.39 is 0 Å². The largest absolute Gasteiger partial charge is 0.493 e. The van der Waals surface area contributed by atoms with E-state index in [1.54, 1.807) is 23.1 Å². The monoisotopic (exact) mass is 329 g/mol. The van der Waals surface area contributed by atoms with Crippen molar-refractivity contribution in [2.75, 3.05) is 12.9 Å². The Morgan fingerprint density at radius 3 is 3.18 bits per heavy atom. The molecule has 1 aliphatic heterocycles. The van der Waals surface area contributed by atoms with Crippen LogP contribution >= 0.6 is 23.1 Å². The molecule has 7 heteroatoms. The van der Waals surface area contributed by atoms with Crippen molar-refractivity contribution in [1.82, 2.24) is 14.6 Å². The first-order chi connectivity index (χ1) is 10.8. The van der Waals surface area contributed by atoms with E-state index in [-0.39, 0.29) is 0 Å². The molecule has 0 bridgehead atoms. The van der Waals surface area contributed by atoms with E-state index in [0.717, 1.165) is 56.1 Å². The third-order valence-corrected chi connectivity index (χ3v) is 5.71. The maximum absolute atomic E-state index is 6.07. The van der Waals surface area contributed by atoms with Crippen molar-refractivity contribution >= 4 is 39.0 Å². The summed E-state index contributed by atoms with van der Waals surface area (Å²) < 4.78 is 14.5. The molecule has 0 saturated heterocycles. The van der Waals surface area contributed by atoms with Gasteiger partial charge in [0.2, 0.25) is 4.96 Å². The predicted octanol–water partition coefficient (Wildman–Crippen LogP) is 3.86. The molecule has 0 atom stereocenters. The van der Waals surface area contributed by atoms with Crippen molar-refractivity contribution < 1.29 is 9.15 Å². The van der Waals surface area contributed by atoms with Crippen molar-refractivity contribution in [2.45, 2.75) is 10.8 Å². The van der Waals surface area contributed by atoms with Gasteiger partial charge in [0.05, 0.1) is 12.8 Å². The van der Waals surface area contributed by atoms with E-state index >= 15 is 0 Å². The molecular weight excluding hydrogens is 318 g/mol. The minimum Gasteiger partial charge on any atom is -0.493 e. The Morgan fingerprint density at radius 1 is 1.36 bits per heavy atom. The number of benzene rings is 1. The summed E-state index contributed by atoms with van der Waals surface area (Å²) in [6.45, 7) is 0.728. The molecule has 0 amide bonds. The number of aromatic nitrogens is 3. The second-order valence-electron chi connectivity index (χ2n) is 5.10. The van der Waals surface area contributed by atoms with Gasteiger partial charge < -0.3 is 9.15 Å². The third kappa shape index (κ3) is 1.72. The van der Waals surface area contributed by atoms with Crippen LogP contribution in [0.25, 0.3) is 27.4 Å². The summed E-state index contributed by atoms with van der Waals surface area (Å²) in [4.78, 5) is 5.50. The van der Waals surface area contributed by atoms with Crippen LogP contribution in [0, 0.1) is 0 Å². The molecule has 0 unspecified atom stereocenters. The summed E-state index contributed by atoms with van der Waals surface area (Å²) >= 11 is 3.21. The van der Waals surface area contributed by atoms with Gasteiger partial charge in [-0.1, -0.05) is 23.1 Å². The summed E-state index contributed by atoms with van der Waals surface area (Å²) in [6.07, 6.45) is 4.83. The fourth-order valence-corrected chi connectivity index (χ4v) is 4.13. The highest BCUT2D eigenvalue weighted by Gasteiger charge is 2.20. The Hall–Kier alpha value is -1.99. The van der Waals surface area contributed by atoms with E-state index in [0.29, 0.717) is 0 Å². The Balaban J connectivity index is 1.66. The average Bonchev–Trinajstić information content (AvgIpc) is 3.26. The molecule has 3 aromatic heterocycles. The lowest BCUT2D eigenvalue weighted by atomic mass is 10.1. The maximum Gasteiger partial charge on any atom is 0.213 e. The molecule has 4 aromatic rings. The quantitative estimate of drug-likeness (QED) is 0.523. The minimum absolute atomic E-state index is 0.728. The standard InChI is InChI=1S/C15H11N3O2S2/c1-21-15-17-18-7-10(16-14(18)22-15)12-6-8-2-3-11-9(4-5-19-11)13(8)20-12/h2-3,6-7H,4-5H2,1H3. The summed E-state index contributed by atoms with van der Waals surface area (Å²) in [7, 11) is 0. The van der Waals surface area contributed by atoms with Gasteiger partial charge in [-0.25, -0.2) is 9.50 Å². The number of imidazole rings is 1. The van der Waals surface area contributed by atoms with Crippen LogP contribution in [0.4, 0.5) is 0 Å². The number of hydrogen-bond acceptors (Lipinski definition) is 6. The first kappa shape index (κ1) is 12.5. The number of fused-ring (bicyclic) bond motifs is 4. The number of ether oxygens (including phenoxy) is 1. The molecule has 110 valence electrons. The Morgan fingerprint density at radius 2 is 2.32 bits per heavy atom. The van der Waals surface area contributed by atoms with Crippen LogP contribution in [0.15, 0.2) is 33.2 Å². The van der Waals surface area contributed by atoms with E-state index in [1.807, 2.05) is 35.2 Å². The lowest BCUT2D eigenvalue weighted by Crippen LogP contribution is -1.85. The normalized spacial score (nSPS) is 13.9. The van der Waals surface area contributed by atoms with Crippen molar-refractivity contribution in [2.24, 2.45) is 0 Å². The van der Waals surface area contributed by atoms with Gasteiger partial charge in [0.1, 0.15) is 17.0 Å². The molecule has 0 fully saturated rings. The first-order valence-corrected chi connectivity index (χ1v) is 8.95. The van der Waals surface area contributed by atoms with E-state index in [2.05, 4.69) is 10.1 Å². The number of rotatable bonds is 2. The van der Waals surface area contributed by atoms with E-state index in [9.17, 15) is 0 Å². The average molecular weight is 329 g/mol. The summed E-state index contributed by atoms with van der Waals surface area (Å²) in [5, 5.41) is 5.55. The number of nitrogens with zero attached hydrogens (tertiary/aromatic N) is 3. The highest BCUT2D eigenvalue weighted by Crippen LogP contribution is 2.37. The molecule has 1 aliphatic rings. The first-order valence-electron chi connectivity index (χ1n) is 6.90. The second kappa shape index (κ2) is 4.50. The molecule has 0 radical (unpaired) electrons. The maximum atomic E-state index is 6.07. The molecular formula is C15H11N3O2S2. The second-order valence-corrected chi connectivity index (χ2v) is 7.10. The lowest BCUT2D eigenvalue weighted by molar-refractivity contribution is 0.357. The SMILES string of the molecule is CSc1nn2cc(-c3cc4ccc5c(c4o3)CCO5)nc2s1. The zero-order valence-corrected chi connectivity index (χ0v) is 13.3. The fraction of sp³-hybridized carbons (Fsp3) is 0.200.